The van der Waals surface area contributed by atoms with E-state index in [9.17, 15) is 30.8 Å². The van der Waals surface area contributed by atoms with Crippen molar-refractivity contribution < 1.29 is 30.8 Å². The molecule has 0 radical (unpaired) electrons. The Morgan fingerprint density at radius 2 is 1.73 bits per heavy atom. The van der Waals surface area contributed by atoms with Crippen LogP contribution in [-0.4, -0.2) is 25.6 Å². The first-order valence-corrected chi connectivity index (χ1v) is 13.3. The monoisotopic (exact) mass is 537 g/mol. The van der Waals surface area contributed by atoms with Crippen molar-refractivity contribution in [1.82, 2.24) is 10.3 Å². The number of hydrogen-bond acceptors (Lipinski definition) is 5. The molecule has 2 atom stereocenters. The van der Waals surface area contributed by atoms with Crippen LogP contribution in [0.1, 0.15) is 51.9 Å². The summed E-state index contributed by atoms with van der Waals surface area (Å²) in [7, 11) is -3.72. The van der Waals surface area contributed by atoms with Crippen LogP contribution in [0, 0.1) is 5.82 Å². The molecule has 0 aliphatic rings. The fraction of sp³-hybridized carbons (Fsp3) is 0.308. The lowest BCUT2D eigenvalue weighted by Crippen LogP contribution is -2.28. The van der Waals surface area contributed by atoms with E-state index in [-0.39, 0.29) is 29.8 Å². The molecule has 6 nitrogen and oxygen atoms in total. The number of aryl methyl sites for hydroxylation is 2. The molecule has 3 aromatic rings. The van der Waals surface area contributed by atoms with E-state index in [1.165, 1.54) is 25.1 Å². The Bertz CT molecular complexity index is 1360. The van der Waals surface area contributed by atoms with Crippen LogP contribution >= 0.6 is 0 Å². The number of nitrogens with one attached hydrogen (secondary N) is 1. The minimum Gasteiger partial charge on any atom is -0.351 e. The normalized spacial score (nSPS) is 13.7. The number of pyridine rings is 1. The average molecular weight is 538 g/mol. The lowest BCUT2D eigenvalue weighted by Gasteiger charge is -2.17. The van der Waals surface area contributed by atoms with Gasteiger partial charge in [-0.15, -0.1) is 0 Å². The van der Waals surface area contributed by atoms with Crippen LogP contribution in [0.25, 0.3) is 0 Å². The number of rotatable bonds is 9. The fourth-order valence-electron chi connectivity index (χ4n) is 3.73. The predicted octanol–water partition coefficient (Wildman–Crippen LogP) is 4.45. The van der Waals surface area contributed by atoms with E-state index in [2.05, 4.69) is 10.3 Å². The van der Waals surface area contributed by atoms with Crippen LogP contribution in [0.4, 0.5) is 17.6 Å². The van der Waals surface area contributed by atoms with E-state index >= 15 is 0 Å². The van der Waals surface area contributed by atoms with Gasteiger partial charge in [0.15, 0.2) is 9.84 Å². The first-order valence-electron chi connectivity index (χ1n) is 11.4. The largest absolute Gasteiger partial charge is 0.433 e. The standard InChI is InChI=1S/C26H27F4N3O3S/c1-16(18-9-11-20(21(27)14-18)24(31)37(2,35)36)25(34)32-15-19-10-13-23(26(28,29)30)33-22(19)12-8-17-6-4-3-5-7-17/h3-7,9-11,13-14,16,24H,8,12,15,31H2,1-2H3,(H,32,34). The van der Waals surface area contributed by atoms with E-state index in [1.807, 2.05) is 30.3 Å². The molecular weight excluding hydrogens is 510 g/mol. The van der Waals surface area contributed by atoms with Gasteiger partial charge in [0.25, 0.3) is 0 Å². The average Bonchev–Trinajstić information content (AvgIpc) is 2.84. The molecule has 0 saturated carbocycles. The molecule has 1 heterocycles. The van der Waals surface area contributed by atoms with Gasteiger partial charge in [-0.1, -0.05) is 48.5 Å². The van der Waals surface area contributed by atoms with Gasteiger partial charge >= 0.3 is 6.18 Å². The molecule has 2 aromatic carbocycles. The summed E-state index contributed by atoms with van der Waals surface area (Å²) in [6, 6.07) is 15.1. The SMILES string of the molecule is CC(C(=O)NCc1ccc(C(F)(F)F)nc1CCc1ccccc1)c1ccc(C(N)S(C)(=O)=O)c(F)c1. The number of benzene rings is 2. The van der Waals surface area contributed by atoms with E-state index < -0.39 is 44.7 Å². The number of carbonyl (C=O) groups is 1. The second kappa shape index (κ2) is 11.4. The lowest BCUT2D eigenvalue weighted by atomic mass is 9.98. The van der Waals surface area contributed by atoms with Crippen molar-refractivity contribution in [3.05, 3.63) is 100 Å². The molecule has 0 aliphatic heterocycles. The van der Waals surface area contributed by atoms with Gasteiger partial charge in [0, 0.05) is 24.1 Å². The molecule has 0 bridgehead atoms. The summed E-state index contributed by atoms with van der Waals surface area (Å²) in [6.07, 6.45) is -3.01. The number of hydrogen-bond donors (Lipinski definition) is 2. The molecule has 11 heteroatoms. The van der Waals surface area contributed by atoms with Gasteiger partial charge in [-0.2, -0.15) is 13.2 Å². The van der Waals surface area contributed by atoms with Crippen molar-refractivity contribution in [2.45, 2.75) is 43.8 Å². The van der Waals surface area contributed by atoms with Gasteiger partial charge in [0.2, 0.25) is 5.91 Å². The maximum Gasteiger partial charge on any atom is 0.433 e. The van der Waals surface area contributed by atoms with Crippen LogP contribution in [0.15, 0.2) is 60.7 Å². The summed E-state index contributed by atoms with van der Waals surface area (Å²) in [6.45, 7) is 1.46. The predicted molar refractivity (Wildman–Crippen MR) is 132 cm³/mol. The number of nitrogens with two attached hydrogens (primary N) is 1. The molecule has 0 saturated heterocycles. The summed E-state index contributed by atoms with van der Waals surface area (Å²) in [5.41, 5.74) is 6.26. The van der Waals surface area contributed by atoms with Crippen LogP contribution in [-0.2, 0) is 40.2 Å². The number of nitrogens with zero attached hydrogens (tertiary/aromatic N) is 1. The third-order valence-corrected chi connectivity index (χ3v) is 7.17. The van der Waals surface area contributed by atoms with Crippen LogP contribution < -0.4 is 11.1 Å². The van der Waals surface area contributed by atoms with Crippen LogP contribution in [0.3, 0.4) is 0 Å². The molecule has 37 heavy (non-hydrogen) atoms. The third kappa shape index (κ3) is 7.36. The fourth-order valence-corrected chi connectivity index (χ4v) is 4.39. The summed E-state index contributed by atoms with van der Waals surface area (Å²) < 4.78 is 77.5. The Hall–Kier alpha value is -3.31. The second-order valence-corrected chi connectivity index (χ2v) is 10.9. The smallest absolute Gasteiger partial charge is 0.351 e. The quantitative estimate of drug-likeness (QED) is 0.393. The van der Waals surface area contributed by atoms with Crippen molar-refractivity contribution in [2.75, 3.05) is 6.26 Å². The van der Waals surface area contributed by atoms with E-state index in [0.29, 0.717) is 12.0 Å². The first kappa shape index (κ1) is 28.3. The highest BCUT2D eigenvalue weighted by atomic mass is 32.2. The number of amides is 1. The first-order chi connectivity index (χ1) is 17.3. The Kier molecular flexibility index (Phi) is 8.70. The Morgan fingerprint density at radius 1 is 1.05 bits per heavy atom. The molecule has 198 valence electrons. The van der Waals surface area contributed by atoms with Gasteiger partial charge in [-0.05, 0) is 48.6 Å². The highest BCUT2D eigenvalue weighted by Gasteiger charge is 2.33. The number of carbonyl (C=O) groups excluding carboxylic acids is 1. The van der Waals surface area contributed by atoms with E-state index in [1.54, 1.807) is 0 Å². The van der Waals surface area contributed by atoms with Crippen molar-refractivity contribution >= 4 is 15.7 Å². The van der Waals surface area contributed by atoms with Gasteiger partial charge in [0.1, 0.15) is 16.9 Å². The zero-order chi connectivity index (χ0) is 27.4. The molecule has 2 unspecified atom stereocenters. The minimum atomic E-state index is -4.60. The van der Waals surface area contributed by atoms with Crippen molar-refractivity contribution in [1.29, 1.82) is 0 Å². The number of alkyl halides is 3. The van der Waals surface area contributed by atoms with Crippen LogP contribution in [0.5, 0.6) is 0 Å². The third-order valence-electron chi connectivity index (χ3n) is 5.99. The van der Waals surface area contributed by atoms with Crippen LogP contribution in [0.2, 0.25) is 0 Å². The maximum atomic E-state index is 14.5. The van der Waals surface area contributed by atoms with Gasteiger partial charge < -0.3 is 11.1 Å². The molecule has 3 N–H and O–H groups in total. The van der Waals surface area contributed by atoms with E-state index in [4.69, 9.17) is 5.73 Å². The highest BCUT2D eigenvalue weighted by molar-refractivity contribution is 7.90. The molecule has 0 spiro atoms. The van der Waals surface area contributed by atoms with Gasteiger partial charge in [-0.3, -0.25) is 4.79 Å². The molecular formula is C26H27F4N3O3S. The van der Waals surface area contributed by atoms with Gasteiger partial charge in [0.05, 0.1) is 5.92 Å². The Balaban J connectivity index is 1.75. The summed E-state index contributed by atoms with van der Waals surface area (Å²) in [4.78, 5) is 16.6. The minimum absolute atomic E-state index is 0.0715. The number of halogens is 4. The topological polar surface area (TPSA) is 102 Å². The summed E-state index contributed by atoms with van der Waals surface area (Å²) in [5, 5.41) is 1.14. The number of sulfone groups is 1. The molecule has 1 amide bonds. The second-order valence-electron chi connectivity index (χ2n) is 8.76. The number of aromatic nitrogens is 1. The van der Waals surface area contributed by atoms with Gasteiger partial charge in [-0.25, -0.2) is 17.8 Å². The zero-order valence-electron chi connectivity index (χ0n) is 20.2. The molecule has 3 rings (SSSR count). The molecule has 0 fully saturated rings. The van der Waals surface area contributed by atoms with Crippen molar-refractivity contribution in [3.63, 3.8) is 0 Å². The lowest BCUT2D eigenvalue weighted by molar-refractivity contribution is -0.141. The Morgan fingerprint density at radius 3 is 2.32 bits per heavy atom. The molecule has 1 aromatic heterocycles. The maximum absolute atomic E-state index is 14.5. The van der Waals surface area contributed by atoms with E-state index in [0.717, 1.165) is 24.0 Å². The molecule has 0 aliphatic carbocycles. The van der Waals surface area contributed by atoms with Crippen molar-refractivity contribution in [2.24, 2.45) is 5.73 Å². The Labute approximate surface area is 212 Å². The van der Waals surface area contributed by atoms with Crippen molar-refractivity contribution in [3.8, 4) is 0 Å². The highest BCUT2D eigenvalue weighted by Crippen LogP contribution is 2.29. The zero-order valence-corrected chi connectivity index (χ0v) is 21.0. The summed E-state index contributed by atoms with van der Waals surface area (Å²) in [5.74, 6) is -2.17. The summed E-state index contributed by atoms with van der Waals surface area (Å²) >= 11 is 0.